The van der Waals surface area contributed by atoms with Crippen molar-refractivity contribution in [3.8, 4) is 11.1 Å². The summed E-state index contributed by atoms with van der Waals surface area (Å²) in [7, 11) is 0. The summed E-state index contributed by atoms with van der Waals surface area (Å²) in [5.41, 5.74) is 4.17. The molecule has 3 aromatic rings. The lowest BCUT2D eigenvalue weighted by Crippen LogP contribution is -2.28. The Balaban J connectivity index is 0.000000266. The second-order valence-electron chi connectivity index (χ2n) is 8.85. The summed E-state index contributed by atoms with van der Waals surface area (Å²) in [5, 5.41) is 31.4. The van der Waals surface area contributed by atoms with Crippen LogP contribution in [0.2, 0.25) is 0 Å². The average Bonchev–Trinajstić information content (AvgIpc) is 2.92. The van der Waals surface area contributed by atoms with Gasteiger partial charge in [0.05, 0.1) is 18.6 Å². The van der Waals surface area contributed by atoms with Gasteiger partial charge in [0, 0.05) is 5.57 Å². The van der Waals surface area contributed by atoms with Gasteiger partial charge in [-0.25, -0.2) is 9.59 Å². The van der Waals surface area contributed by atoms with E-state index in [1.54, 1.807) is 0 Å². The van der Waals surface area contributed by atoms with E-state index in [0.717, 1.165) is 13.0 Å². The molecule has 4 N–H and O–H groups in total. The van der Waals surface area contributed by atoms with Crippen LogP contribution in [0.5, 0.6) is 0 Å². The van der Waals surface area contributed by atoms with Gasteiger partial charge < -0.3 is 25.2 Å². The van der Waals surface area contributed by atoms with Crippen LogP contribution in [-0.4, -0.2) is 45.1 Å². The largest absolute Gasteiger partial charge is 0.503 e. The molecule has 0 aromatic heterocycles. The molecule has 0 aliphatic heterocycles. The van der Waals surface area contributed by atoms with E-state index in [0.29, 0.717) is 6.61 Å². The first-order valence-electron chi connectivity index (χ1n) is 12.1. The maximum Gasteiger partial charge on any atom is 0.503 e. The summed E-state index contributed by atoms with van der Waals surface area (Å²) >= 11 is 0. The zero-order valence-corrected chi connectivity index (χ0v) is 21.6. The van der Waals surface area contributed by atoms with Crippen LogP contribution in [0.3, 0.4) is 0 Å². The molecular weight excluding hydrogens is 500 g/mol. The molecule has 1 aliphatic rings. The average molecular weight is 533 g/mol. The summed E-state index contributed by atoms with van der Waals surface area (Å²) in [6.07, 6.45) is 3.53. The molecule has 1 atom stereocenters. The Morgan fingerprint density at radius 2 is 1.38 bits per heavy atom. The van der Waals surface area contributed by atoms with Gasteiger partial charge in [-0.05, 0) is 42.0 Å². The van der Waals surface area contributed by atoms with Crippen LogP contribution < -0.4 is 0 Å². The van der Waals surface area contributed by atoms with Crippen LogP contribution in [0.25, 0.3) is 11.1 Å². The Labute approximate surface area is 227 Å². The van der Waals surface area contributed by atoms with Crippen LogP contribution in [0.15, 0.2) is 109 Å². The summed E-state index contributed by atoms with van der Waals surface area (Å²) in [6.45, 7) is 2.91. The Bertz CT molecular complexity index is 1280. The van der Waals surface area contributed by atoms with Crippen molar-refractivity contribution in [1.82, 2.24) is 0 Å². The monoisotopic (exact) mass is 532 g/mol. The van der Waals surface area contributed by atoms with Crippen molar-refractivity contribution >= 4 is 18.1 Å². The highest BCUT2D eigenvalue weighted by molar-refractivity contribution is 5.90. The number of rotatable bonds is 8. The molecular formula is C31H32O8. The molecule has 0 bridgehead atoms. The molecule has 8 nitrogen and oxygen atoms in total. The van der Waals surface area contributed by atoms with Crippen molar-refractivity contribution in [3.63, 3.8) is 0 Å². The van der Waals surface area contributed by atoms with E-state index in [-0.39, 0.29) is 12.0 Å². The zero-order chi connectivity index (χ0) is 28.7. The van der Waals surface area contributed by atoms with Crippen LogP contribution >= 0.6 is 0 Å². The van der Waals surface area contributed by atoms with Crippen molar-refractivity contribution < 1.29 is 39.5 Å². The van der Waals surface area contributed by atoms with Gasteiger partial charge in [0.2, 0.25) is 0 Å². The van der Waals surface area contributed by atoms with Gasteiger partial charge in [-0.2, -0.15) is 0 Å². The van der Waals surface area contributed by atoms with Crippen LogP contribution in [0.4, 0.5) is 4.79 Å². The van der Waals surface area contributed by atoms with E-state index in [1.165, 1.54) is 47.4 Å². The molecule has 1 unspecified atom stereocenters. The van der Waals surface area contributed by atoms with Crippen molar-refractivity contribution in [1.29, 1.82) is 0 Å². The maximum absolute atomic E-state index is 10.8. The highest BCUT2D eigenvalue weighted by atomic mass is 16.6. The van der Waals surface area contributed by atoms with Gasteiger partial charge in [-0.3, -0.25) is 4.79 Å². The quantitative estimate of drug-likeness (QED) is 0.245. The highest BCUT2D eigenvalue weighted by Crippen LogP contribution is 2.31. The SMILES string of the molecule is CC1(C(=O)O)C=CC=C(C(=O)O)C1.O=C(O)O.c1ccc(COCCc2ccccc2-c2ccccc2)cc1. The van der Waals surface area contributed by atoms with Gasteiger partial charge >= 0.3 is 18.1 Å². The molecule has 204 valence electrons. The number of aliphatic carboxylic acids is 2. The molecule has 1 aliphatic carbocycles. The number of carboxylic acids is 2. The Hall–Kier alpha value is -4.69. The van der Waals surface area contributed by atoms with Gasteiger partial charge in [-0.15, -0.1) is 0 Å². The summed E-state index contributed by atoms with van der Waals surface area (Å²) < 4.78 is 5.81. The third kappa shape index (κ3) is 10.7. The third-order valence-electron chi connectivity index (χ3n) is 5.81. The van der Waals surface area contributed by atoms with Crippen LogP contribution in [-0.2, 0) is 27.4 Å². The molecule has 0 radical (unpaired) electrons. The minimum atomic E-state index is -1.83. The summed E-state index contributed by atoms with van der Waals surface area (Å²) in [5.74, 6) is -2.06. The standard InChI is InChI=1S/C21H20O.C9H10O4.CH2O3/c1-3-9-18(10-4-1)17-22-16-15-20-13-7-8-14-21(20)19-11-5-2-6-12-19;1-9(8(12)13)4-2-3-6(5-9)7(10)11;2-1(3)4/h1-14H,15-17H2;2-4H,5H2,1H3,(H,10,11)(H,12,13);(H2,2,3,4). The van der Waals surface area contributed by atoms with Crippen molar-refractivity contribution in [2.75, 3.05) is 6.61 Å². The molecule has 0 saturated carbocycles. The fourth-order valence-corrected chi connectivity index (χ4v) is 3.77. The second kappa shape index (κ2) is 15.5. The molecule has 0 amide bonds. The molecule has 8 heteroatoms. The summed E-state index contributed by atoms with van der Waals surface area (Å²) in [6, 6.07) is 29.4. The fourth-order valence-electron chi connectivity index (χ4n) is 3.77. The van der Waals surface area contributed by atoms with E-state index in [2.05, 4.69) is 66.7 Å². The molecule has 3 aromatic carbocycles. The third-order valence-corrected chi connectivity index (χ3v) is 5.81. The van der Waals surface area contributed by atoms with E-state index in [1.807, 2.05) is 18.2 Å². The molecule has 39 heavy (non-hydrogen) atoms. The lowest BCUT2D eigenvalue weighted by molar-refractivity contribution is -0.145. The lowest BCUT2D eigenvalue weighted by Gasteiger charge is -2.23. The first kappa shape index (κ1) is 30.5. The first-order valence-corrected chi connectivity index (χ1v) is 12.1. The zero-order valence-electron chi connectivity index (χ0n) is 21.6. The van der Waals surface area contributed by atoms with E-state index < -0.39 is 23.5 Å². The van der Waals surface area contributed by atoms with Gasteiger partial charge in [0.25, 0.3) is 0 Å². The predicted octanol–water partition coefficient (Wildman–Crippen LogP) is 6.38. The normalized spacial score (nSPS) is 15.5. The van der Waals surface area contributed by atoms with Crippen LogP contribution in [0, 0.1) is 5.41 Å². The number of benzene rings is 3. The van der Waals surface area contributed by atoms with Crippen molar-refractivity contribution in [2.45, 2.75) is 26.4 Å². The number of allylic oxidation sites excluding steroid dienone is 2. The minimum absolute atomic E-state index is 0.0359. The summed E-state index contributed by atoms with van der Waals surface area (Å²) in [4.78, 5) is 29.9. The first-order chi connectivity index (χ1) is 18.6. The Morgan fingerprint density at radius 1 is 0.821 bits per heavy atom. The smallest absolute Gasteiger partial charge is 0.481 e. The van der Waals surface area contributed by atoms with Crippen LogP contribution in [0.1, 0.15) is 24.5 Å². The topological polar surface area (TPSA) is 141 Å². The fraction of sp³-hybridized carbons (Fsp3) is 0.194. The highest BCUT2D eigenvalue weighted by Gasteiger charge is 2.34. The van der Waals surface area contributed by atoms with E-state index in [4.69, 9.17) is 30.0 Å². The lowest BCUT2D eigenvalue weighted by atomic mass is 9.80. The van der Waals surface area contributed by atoms with Crippen molar-refractivity contribution in [2.24, 2.45) is 5.41 Å². The molecule has 4 rings (SSSR count). The minimum Gasteiger partial charge on any atom is -0.481 e. The molecule has 0 spiro atoms. The second-order valence-corrected chi connectivity index (χ2v) is 8.85. The Morgan fingerprint density at radius 3 is 1.97 bits per heavy atom. The molecule has 0 saturated heterocycles. The van der Waals surface area contributed by atoms with E-state index in [9.17, 15) is 9.59 Å². The molecule has 0 heterocycles. The maximum atomic E-state index is 10.8. The number of hydrogen-bond donors (Lipinski definition) is 4. The molecule has 0 fully saturated rings. The number of carbonyl (C=O) groups is 3. The predicted molar refractivity (Wildman–Crippen MR) is 148 cm³/mol. The number of ether oxygens (including phenoxy) is 1. The number of carboxylic acid groups (broad SMARTS) is 4. The number of hydrogen-bond acceptors (Lipinski definition) is 4. The van der Waals surface area contributed by atoms with Crippen molar-refractivity contribution in [3.05, 3.63) is 120 Å². The van der Waals surface area contributed by atoms with Gasteiger partial charge in [-0.1, -0.05) is 103 Å². The van der Waals surface area contributed by atoms with Gasteiger partial charge in [0.1, 0.15) is 0 Å². The van der Waals surface area contributed by atoms with E-state index >= 15 is 0 Å². The Kier molecular flexibility index (Phi) is 12.2. The van der Waals surface area contributed by atoms with Gasteiger partial charge in [0.15, 0.2) is 0 Å².